The Bertz CT molecular complexity index is 968. The first kappa shape index (κ1) is 15.3. The number of aryl methyl sites for hydroxylation is 1. The Morgan fingerprint density at radius 1 is 1.12 bits per heavy atom. The molecule has 0 saturated heterocycles. The maximum Gasteiger partial charge on any atom is 0.337 e. The lowest BCUT2D eigenvalue weighted by atomic mass is 10.1. The predicted molar refractivity (Wildman–Crippen MR) is 85.2 cm³/mol. The van der Waals surface area contributed by atoms with E-state index in [-0.39, 0.29) is 28.3 Å². The van der Waals surface area contributed by atoms with E-state index in [1.165, 1.54) is 36.5 Å². The number of phenolic OH excluding ortho intramolecular Hbond substituents is 1. The molecule has 0 fully saturated rings. The van der Waals surface area contributed by atoms with Crippen LogP contribution in [0.5, 0.6) is 11.5 Å². The van der Waals surface area contributed by atoms with E-state index in [1.54, 1.807) is 6.92 Å². The Morgan fingerprint density at radius 2 is 1.92 bits per heavy atom. The van der Waals surface area contributed by atoms with Crippen molar-refractivity contribution >= 4 is 28.4 Å². The van der Waals surface area contributed by atoms with Gasteiger partial charge in [-0.2, -0.15) is 0 Å². The molecule has 3 rings (SSSR count). The SMILES string of the molecule is Cc1nc2c(N=Nc3ccc(O)cn3)ccc(O)c2cc1C(=O)O. The zero-order chi connectivity index (χ0) is 17.3. The molecule has 0 radical (unpaired) electrons. The number of phenols is 1. The molecule has 0 aliphatic heterocycles. The van der Waals surface area contributed by atoms with E-state index in [9.17, 15) is 15.0 Å². The van der Waals surface area contributed by atoms with Gasteiger partial charge < -0.3 is 15.3 Å². The highest BCUT2D eigenvalue weighted by molar-refractivity contribution is 5.99. The number of aromatic nitrogens is 2. The number of nitrogens with zero attached hydrogens (tertiary/aromatic N) is 4. The molecule has 3 aromatic rings. The lowest BCUT2D eigenvalue weighted by Crippen LogP contribution is -2.02. The van der Waals surface area contributed by atoms with Gasteiger partial charge in [-0.05, 0) is 37.3 Å². The fraction of sp³-hybridized carbons (Fsp3) is 0.0625. The summed E-state index contributed by atoms with van der Waals surface area (Å²) in [5.41, 5.74) is 1.00. The summed E-state index contributed by atoms with van der Waals surface area (Å²) in [7, 11) is 0. The van der Waals surface area contributed by atoms with Crippen LogP contribution in [0.3, 0.4) is 0 Å². The minimum Gasteiger partial charge on any atom is -0.507 e. The Balaban J connectivity index is 2.11. The average Bonchev–Trinajstić information content (AvgIpc) is 2.55. The van der Waals surface area contributed by atoms with E-state index in [4.69, 9.17) is 5.11 Å². The Hall–Kier alpha value is -3.55. The second-order valence-corrected chi connectivity index (χ2v) is 5.00. The number of hydrogen-bond donors (Lipinski definition) is 3. The van der Waals surface area contributed by atoms with E-state index in [1.807, 2.05) is 0 Å². The first-order valence-electron chi connectivity index (χ1n) is 6.89. The molecular weight excluding hydrogens is 312 g/mol. The molecule has 8 heteroatoms. The van der Waals surface area contributed by atoms with Gasteiger partial charge in [-0.25, -0.2) is 14.8 Å². The van der Waals surface area contributed by atoms with Gasteiger partial charge in [-0.15, -0.1) is 10.2 Å². The van der Waals surface area contributed by atoms with Crippen molar-refractivity contribution in [2.24, 2.45) is 10.2 Å². The molecule has 2 heterocycles. The first-order valence-corrected chi connectivity index (χ1v) is 6.89. The summed E-state index contributed by atoms with van der Waals surface area (Å²) < 4.78 is 0. The van der Waals surface area contributed by atoms with Crippen LogP contribution in [0.2, 0.25) is 0 Å². The second-order valence-electron chi connectivity index (χ2n) is 5.00. The summed E-state index contributed by atoms with van der Waals surface area (Å²) in [5, 5.41) is 36.6. The monoisotopic (exact) mass is 324 g/mol. The fourth-order valence-electron chi connectivity index (χ4n) is 2.16. The van der Waals surface area contributed by atoms with E-state index >= 15 is 0 Å². The van der Waals surface area contributed by atoms with Gasteiger partial charge in [-0.3, -0.25) is 0 Å². The smallest absolute Gasteiger partial charge is 0.337 e. The lowest BCUT2D eigenvalue weighted by Gasteiger charge is -2.07. The number of carboxylic acid groups (broad SMARTS) is 1. The Labute approximate surface area is 135 Å². The molecule has 0 saturated carbocycles. The normalized spacial score (nSPS) is 11.2. The topological polar surface area (TPSA) is 128 Å². The van der Waals surface area contributed by atoms with Crippen LogP contribution >= 0.6 is 0 Å². The summed E-state index contributed by atoms with van der Waals surface area (Å²) in [4.78, 5) is 19.3. The van der Waals surface area contributed by atoms with Gasteiger partial charge in [0.15, 0.2) is 5.82 Å². The molecule has 0 aliphatic carbocycles. The number of benzene rings is 1. The minimum atomic E-state index is -1.12. The van der Waals surface area contributed by atoms with Gasteiger partial charge in [0.25, 0.3) is 0 Å². The van der Waals surface area contributed by atoms with Crippen LogP contribution in [0, 0.1) is 6.92 Å². The zero-order valence-corrected chi connectivity index (χ0v) is 12.5. The van der Waals surface area contributed by atoms with Crippen molar-refractivity contribution in [2.45, 2.75) is 6.92 Å². The number of rotatable bonds is 3. The predicted octanol–water partition coefficient (Wildman–Crippen LogP) is 3.46. The molecule has 0 spiro atoms. The van der Waals surface area contributed by atoms with Crippen LogP contribution < -0.4 is 0 Å². The van der Waals surface area contributed by atoms with Gasteiger partial charge in [0.05, 0.1) is 17.5 Å². The van der Waals surface area contributed by atoms with E-state index < -0.39 is 5.97 Å². The fourth-order valence-corrected chi connectivity index (χ4v) is 2.16. The molecule has 0 aliphatic rings. The van der Waals surface area contributed by atoms with Crippen LogP contribution in [-0.2, 0) is 0 Å². The second kappa shape index (κ2) is 5.92. The highest BCUT2D eigenvalue weighted by atomic mass is 16.4. The summed E-state index contributed by atoms with van der Waals surface area (Å²) in [6, 6.07) is 7.19. The molecule has 0 unspecified atom stereocenters. The van der Waals surface area contributed by atoms with Crippen LogP contribution in [0.15, 0.2) is 46.8 Å². The van der Waals surface area contributed by atoms with Crippen LogP contribution in [0.25, 0.3) is 10.9 Å². The molecule has 24 heavy (non-hydrogen) atoms. The molecule has 2 aromatic heterocycles. The number of carboxylic acids is 1. The van der Waals surface area contributed by atoms with Crippen molar-refractivity contribution in [3.05, 3.63) is 47.8 Å². The molecule has 0 atom stereocenters. The van der Waals surface area contributed by atoms with Crippen LogP contribution in [-0.4, -0.2) is 31.3 Å². The number of carbonyl (C=O) groups is 1. The quantitative estimate of drug-likeness (QED) is 0.633. The Morgan fingerprint density at radius 3 is 2.58 bits per heavy atom. The lowest BCUT2D eigenvalue weighted by molar-refractivity contribution is 0.0696. The van der Waals surface area contributed by atoms with Crippen LogP contribution in [0.1, 0.15) is 16.1 Å². The van der Waals surface area contributed by atoms with Crippen molar-refractivity contribution in [3.63, 3.8) is 0 Å². The van der Waals surface area contributed by atoms with Gasteiger partial charge in [0.1, 0.15) is 22.7 Å². The van der Waals surface area contributed by atoms with E-state index in [2.05, 4.69) is 20.2 Å². The molecule has 8 nitrogen and oxygen atoms in total. The third kappa shape index (κ3) is 2.84. The summed E-state index contributed by atoms with van der Waals surface area (Å²) in [6.07, 6.45) is 1.24. The number of aromatic hydroxyl groups is 2. The minimum absolute atomic E-state index is 0.00656. The van der Waals surface area contributed by atoms with E-state index in [0.717, 1.165) is 0 Å². The number of aromatic carboxylic acids is 1. The van der Waals surface area contributed by atoms with Gasteiger partial charge in [0, 0.05) is 5.39 Å². The number of azo groups is 1. The van der Waals surface area contributed by atoms with Crippen molar-refractivity contribution in [3.8, 4) is 11.5 Å². The molecule has 0 amide bonds. The molecule has 120 valence electrons. The maximum atomic E-state index is 11.2. The third-order valence-corrected chi connectivity index (χ3v) is 3.35. The highest BCUT2D eigenvalue weighted by Crippen LogP contribution is 2.33. The van der Waals surface area contributed by atoms with Gasteiger partial charge >= 0.3 is 5.97 Å². The third-order valence-electron chi connectivity index (χ3n) is 3.35. The van der Waals surface area contributed by atoms with Crippen molar-refractivity contribution in [2.75, 3.05) is 0 Å². The summed E-state index contributed by atoms with van der Waals surface area (Å²) in [5.74, 6) is -0.918. The van der Waals surface area contributed by atoms with E-state index in [0.29, 0.717) is 16.9 Å². The van der Waals surface area contributed by atoms with Crippen LogP contribution in [0.4, 0.5) is 11.5 Å². The number of pyridine rings is 2. The molecule has 1 aromatic carbocycles. The zero-order valence-electron chi connectivity index (χ0n) is 12.5. The number of fused-ring (bicyclic) bond motifs is 1. The summed E-state index contributed by atoms with van der Waals surface area (Å²) >= 11 is 0. The van der Waals surface area contributed by atoms with Crippen molar-refractivity contribution in [1.82, 2.24) is 9.97 Å². The van der Waals surface area contributed by atoms with Crippen molar-refractivity contribution < 1.29 is 20.1 Å². The van der Waals surface area contributed by atoms with Gasteiger partial charge in [-0.1, -0.05) is 0 Å². The van der Waals surface area contributed by atoms with Gasteiger partial charge in [0.2, 0.25) is 0 Å². The average molecular weight is 324 g/mol. The maximum absolute atomic E-state index is 11.2. The highest BCUT2D eigenvalue weighted by Gasteiger charge is 2.14. The first-order chi connectivity index (χ1) is 11.5. The Kier molecular flexibility index (Phi) is 3.78. The largest absolute Gasteiger partial charge is 0.507 e. The summed E-state index contributed by atoms with van der Waals surface area (Å²) in [6.45, 7) is 1.56. The molecular formula is C16H12N4O4. The number of hydrogen-bond acceptors (Lipinski definition) is 7. The standard InChI is InChI=1S/C16H12N4O4/c1-8-10(16(23)24)6-11-13(22)4-3-12(15(11)18-8)19-20-14-5-2-9(21)7-17-14/h2-7,21-22H,1H3,(H,23,24). The molecule has 3 N–H and O–H groups in total. The van der Waals surface area contributed by atoms with Crippen molar-refractivity contribution in [1.29, 1.82) is 0 Å². The molecule has 0 bridgehead atoms.